The van der Waals surface area contributed by atoms with Crippen molar-refractivity contribution in [2.75, 3.05) is 13.2 Å². The molecule has 8 heteroatoms. The van der Waals surface area contributed by atoms with Gasteiger partial charge in [0.15, 0.2) is 0 Å². The summed E-state index contributed by atoms with van der Waals surface area (Å²) in [7, 11) is -3.96. The molecule has 29 heavy (non-hydrogen) atoms. The Morgan fingerprint density at radius 1 is 1.00 bits per heavy atom. The third kappa shape index (κ3) is 5.22. The van der Waals surface area contributed by atoms with E-state index in [9.17, 15) is 23.7 Å². The molecule has 0 bridgehead atoms. The summed E-state index contributed by atoms with van der Waals surface area (Å²) in [5, 5.41) is 30.5. The van der Waals surface area contributed by atoms with E-state index < -0.39 is 34.4 Å². The molecule has 1 fully saturated rings. The van der Waals surface area contributed by atoms with E-state index in [1.165, 1.54) is 12.1 Å². The van der Waals surface area contributed by atoms with Gasteiger partial charge in [0.1, 0.15) is 6.10 Å². The Labute approximate surface area is 171 Å². The molecule has 158 valence electrons. The number of β-amino-alcohol motifs (C(OH)–C–C–N with tert-alkyl or cyclic N) is 1. The van der Waals surface area contributed by atoms with E-state index in [1.54, 1.807) is 12.1 Å². The van der Waals surface area contributed by atoms with Crippen molar-refractivity contribution in [3.8, 4) is 0 Å². The zero-order valence-corrected chi connectivity index (χ0v) is 17.1. The SMILES string of the molecule is Cc1ccc(S(=O)(=O)N2C[C@@H](O)[C@@H](O)[C@H](O)C[C@H]2COCc2ccccc2)cc1. The molecular formula is C21H27NO6S. The Bertz CT molecular complexity index is 887. The minimum Gasteiger partial charge on any atom is -0.390 e. The van der Waals surface area contributed by atoms with Crippen molar-refractivity contribution in [3.63, 3.8) is 0 Å². The molecule has 3 N–H and O–H groups in total. The lowest BCUT2D eigenvalue weighted by atomic mass is 10.0. The molecule has 0 saturated carbocycles. The normalized spacial score (nSPS) is 26.2. The van der Waals surface area contributed by atoms with Crippen molar-refractivity contribution >= 4 is 10.0 Å². The van der Waals surface area contributed by atoms with Crippen molar-refractivity contribution in [2.45, 2.75) is 49.2 Å². The van der Waals surface area contributed by atoms with Crippen LogP contribution < -0.4 is 0 Å². The van der Waals surface area contributed by atoms with Gasteiger partial charge < -0.3 is 20.1 Å². The fourth-order valence-corrected chi connectivity index (χ4v) is 5.05. The van der Waals surface area contributed by atoms with Gasteiger partial charge in [-0.3, -0.25) is 0 Å². The first-order valence-electron chi connectivity index (χ1n) is 9.53. The maximum absolute atomic E-state index is 13.2. The Hall–Kier alpha value is -1.81. The van der Waals surface area contributed by atoms with E-state index in [-0.39, 0.29) is 31.1 Å². The van der Waals surface area contributed by atoms with Crippen molar-refractivity contribution in [1.29, 1.82) is 0 Å². The molecule has 1 saturated heterocycles. The number of ether oxygens (including phenoxy) is 1. The van der Waals surface area contributed by atoms with Gasteiger partial charge in [0.25, 0.3) is 0 Å². The van der Waals surface area contributed by atoms with Gasteiger partial charge in [-0.05, 0) is 31.0 Å². The van der Waals surface area contributed by atoms with Crippen LogP contribution in [-0.4, -0.2) is 65.5 Å². The van der Waals surface area contributed by atoms with Crippen molar-refractivity contribution < 1.29 is 28.5 Å². The Morgan fingerprint density at radius 3 is 2.31 bits per heavy atom. The summed E-state index contributed by atoms with van der Waals surface area (Å²) in [6, 6.07) is 15.2. The van der Waals surface area contributed by atoms with Crippen LogP contribution in [0.25, 0.3) is 0 Å². The van der Waals surface area contributed by atoms with Crippen LogP contribution in [0.4, 0.5) is 0 Å². The standard InChI is InChI=1S/C21H27NO6S/c1-15-7-9-18(10-8-15)29(26,27)22-12-20(24)21(25)19(23)11-17(22)14-28-13-16-5-3-2-4-6-16/h2-10,17,19-21,23-25H,11-14H2,1H3/t17-,19+,20+,21-/m0/s1. The number of sulfonamides is 1. The van der Waals surface area contributed by atoms with Crippen LogP contribution in [0.5, 0.6) is 0 Å². The van der Waals surface area contributed by atoms with Crippen LogP contribution in [0.1, 0.15) is 17.5 Å². The lowest BCUT2D eigenvalue weighted by molar-refractivity contribution is -0.0530. The molecule has 1 heterocycles. The molecule has 0 amide bonds. The summed E-state index contributed by atoms with van der Waals surface area (Å²) in [5.74, 6) is 0. The largest absolute Gasteiger partial charge is 0.390 e. The molecule has 0 spiro atoms. The highest BCUT2D eigenvalue weighted by atomic mass is 32.2. The molecule has 7 nitrogen and oxygen atoms in total. The summed E-state index contributed by atoms with van der Waals surface area (Å²) >= 11 is 0. The Kier molecular flexibility index (Phi) is 7.05. The Morgan fingerprint density at radius 2 is 1.66 bits per heavy atom. The van der Waals surface area contributed by atoms with E-state index in [0.29, 0.717) is 0 Å². The molecular weight excluding hydrogens is 394 g/mol. The Balaban J connectivity index is 1.83. The first-order valence-corrected chi connectivity index (χ1v) is 11.0. The summed E-state index contributed by atoms with van der Waals surface area (Å²) in [4.78, 5) is 0.0919. The van der Waals surface area contributed by atoms with E-state index in [4.69, 9.17) is 4.74 Å². The van der Waals surface area contributed by atoms with Gasteiger partial charge in [-0.2, -0.15) is 4.31 Å². The minimum atomic E-state index is -3.96. The second kappa shape index (κ2) is 9.34. The summed E-state index contributed by atoms with van der Waals surface area (Å²) in [5.41, 5.74) is 1.86. The predicted octanol–water partition coefficient (Wildman–Crippen LogP) is 1.06. The van der Waals surface area contributed by atoms with Crippen LogP contribution in [0.2, 0.25) is 0 Å². The topological polar surface area (TPSA) is 107 Å². The van der Waals surface area contributed by atoms with Gasteiger partial charge in [0.05, 0.1) is 36.4 Å². The average Bonchev–Trinajstić information content (AvgIpc) is 2.81. The van der Waals surface area contributed by atoms with Gasteiger partial charge in [0, 0.05) is 6.54 Å². The molecule has 1 aliphatic heterocycles. The van der Waals surface area contributed by atoms with Gasteiger partial charge in [-0.1, -0.05) is 48.0 Å². The fourth-order valence-electron chi connectivity index (χ4n) is 3.41. The number of nitrogens with zero attached hydrogens (tertiary/aromatic N) is 1. The average molecular weight is 422 g/mol. The van der Waals surface area contributed by atoms with Crippen LogP contribution >= 0.6 is 0 Å². The van der Waals surface area contributed by atoms with Crippen molar-refractivity contribution in [3.05, 3.63) is 65.7 Å². The summed E-state index contributed by atoms with van der Waals surface area (Å²) < 4.78 is 33.4. The maximum Gasteiger partial charge on any atom is 0.243 e. The molecule has 0 aliphatic carbocycles. The first-order chi connectivity index (χ1) is 13.8. The first kappa shape index (κ1) is 21.9. The number of hydrogen-bond donors (Lipinski definition) is 3. The van der Waals surface area contributed by atoms with Crippen LogP contribution in [0.3, 0.4) is 0 Å². The van der Waals surface area contributed by atoms with E-state index in [1.807, 2.05) is 37.3 Å². The zero-order chi connectivity index (χ0) is 21.0. The van der Waals surface area contributed by atoms with Crippen molar-refractivity contribution in [2.24, 2.45) is 0 Å². The summed E-state index contributed by atoms with van der Waals surface area (Å²) in [6.07, 6.45) is -4.12. The minimum absolute atomic E-state index is 0.0243. The molecule has 0 aromatic heterocycles. The van der Waals surface area contributed by atoms with E-state index in [2.05, 4.69) is 0 Å². The van der Waals surface area contributed by atoms with Crippen molar-refractivity contribution in [1.82, 2.24) is 4.31 Å². The van der Waals surface area contributed by atoms with Crippen LogP contribution in [0, 0.1) is 6.92 Å². The third-order valence-corrected chi connectivity index (χ3v) is 7.06. The number of hydrogen-bond acceptors (Lipinski definition) is 6. The highest BCUT2D eigenvalue weighted by molar-refractivity contribution is 7.89. The van der Waals surface area contributed by atoms with E-state index in [0.717, 1.165) is 15.4 Å². The smallest absolute Gasteiger partial charge is 0.243 e. The lowest BCUT2D eigenvalue weighted by Crippen LogP contribution is -2.46. The molecule has 2 aromatic rings. The van der Waals surface area contributed by atoms with Gasteiger partial charge in [-0.15, -0.1) is 0 Å². The predicted molar refractivity (Wildman–Crippen MR) is 108 cm³/mol. The van der Waals surface area contributed by atoms with E-state index >= 15 is 0 Å². The zero-order valence-electron chi connectivity index (χ0n) is 16.3. The fraction of sp³-hybridized carbons (Fsp3) is 0.429. The molecule has 4 atom stereocenters. The highest BCUT2D eigenvalue weighted by Gasteiger charge is 2.41. The van der Waals surface area contributed by atoms with Crippen LogP contribution in [0.15, 0.2) is 59.5 Å². The molecule has 2 aromatic carbocycles. The quantitative estimate of drug-likeness (QED) is 0.644. The number of aryl methyl sites for hydroxylation is 1. The monoisotopic (exact) mass is 421 g/mol. The van der Waals surface area contributed by atoms with Gasteiger partial charge in [-0.25, -0.2) is 8.42 Å². The number of rotatable bonds is 6. The highest BCUT2D eigenvalue weighted by Crippen LogP contribution is 2.26. The van der Waals surface area contributed by atoms with Gasteiger partial charge in [0.2, 0.25) is 10.0 Å². The van der Waals surface area contributed by atoms with Gasteiger partial charge >= 0.3 is 0 Å². The molecule has 3 rings (SSSR count). The molecule has 0 radical (unpaired) electrons. The number of benzene rings is 2. The second-order valence-electron chi connectivity index (χ2n) is 7.40. The number of aliphatic hydroxyl groups is 3. The summed E-state index contributed by atoms with van der Waals surface area (Å²) in [6.45, 7) is 1.85. The van der Waals surface area contributed by atoms with Crippen LogP contribution in [-0.2, 0) is 21.4 Å². The maximum atomic E-state index is 13.2. The molecule has 1 aliphatic rings. The number of aliphatic hydroxyl groups excluding tert-OH is 3. The lowest BCUT2D eigenvalue weighted by Gasteiger charge is -2.30. The third-order valence-electron chi connectivity index (χ3n) is 5.13. The second-order valence-corrected chi connectivity index (χ2v) is 9.29. The molecule has 0 unspecified atom stereocenters.